The first-order valence-electron chi connectivity index (χ1n) is 7.78. The SMILES string of the molecule is CCC1CNC(CC(C)C)CN1c1cccc(SC)c1. The molecule has 112 valence electrons. The van der Waals surface area contributed by atoms with E-state index in [0.29, 0.717) is 12.1 Å². The zero-order chi connectivity index (χ0) is 14.5. The number of nitrogens with one attached hydrogen (secondary N) is 1. The molecule has 3 heteroatoms. The molecule has 0 saturated carbocycles. The summed E-state index contributed by atoms with van der Waals surface area (Å²) in [6.45, 7) is 9.16. The molecule has 2 rings (SSSR count). The van der Waals surface area contributed by atoms with E-state index in [1.165, 1.54) is 23.4 Å². The lowest BCUT2D eigenvalue weighted by Gasteiger charge is -2.42. The number of rotatable bonds is 5. The average Bonchev–Trinajstić information content (AvgIpc) is 2.46. The first kappa shape index (κ1) is 15.7. The molecule has 0 spiro atoms. The molecule has 2 atom stereocenters. The van der Waals surface area contributed by atoms with Crippen LogP contribution >= 0.6 is 11.8 Å². The quantitative estimate of drug-likeness (QED) is 0.826. The highest BCUT2D eigenvalue weighted by Gasteiger charge is 2.27. The van der Waals surface area contributed by atoms with Crippen molar-refractivity contribution in [3.8, 4) is 0 Å². The standard InChI is InChI=1S/C17H28N2S/c1-5-15-11-18-14(9-13(2)3)12-19(15)16-7-6-8-17(10-16)20-4/h6-8,10,13-15,18H,5,9,11-12H2,1-4H3. The van der Waals surface area contributed by atoms with Gasteiger partial charge in [0.05, 0.1) is 0 Å². The fourth-order valence-electron chi connectivity index (χ4n) is 3.06. The summed E-state index contributed by atoms with van der Waals surface area (Å²) < 4.78 is 0. The second-order valence-corrected chi connectivity index (χ2v) is 7.03. The Balaban J connectivity index is 2.15. The summed E-state index contributed by atoms with van der Waals surface area (Å²) in [5.41, 5.74) is 1.39. The number of piperazine rings is 1. The second kappa shape index (κ2) is 7.37. The van der Waals surface area contributed by atoms with Crippen molar-refractivity contribution in [2.75, 3.05) is 24.2 Å². The van der Waals surface area contributed by atoms with Crippen LogP contribution in [-0.2, 0) is 0 Å². The Morgan fingerprint density at radius 2 is 2.20 bits per heavy atom. The highest BCUT2D eigenvalue weighted by atomic mass is 32.2. The minimum atomic E-state index is 0.621. The van der Waals surface area contributed by atoms with Crippen LogP contribution in [-0.4, -0.2) is 31.4 Å². The minimum Gasteiger partial charge on any atom is -0.366 e. The van der Waals surface area contributed by atoms with Gasteiger partial charge in [0.1, 0.15) is 0 Å². The molecule has 2 nitrogen and oxygen atoms in total. The summed E-state index contributed by atoms with van der Waals surface area (Å²) >= 11 is 1.82. The summed E-state index contributed by atoms with van der Waals surface area (Å²) in [7, 11) is 0. The third-order valence-corrected chi connectivity index (χ3v) is 4.84. The molecule has 1 N–H and O–H groups in total. The third-order valence-electron chi connectivity index (χ3n) is 4.11. The Kier molecular flexibility index (Phi) is 5.79. The van der Waals surface area contributed by atoms with Gasteiger partial charge in [0.2, 0.25) is 0 Å². The number of anilines is 1. The lowest BCUT2D eigenvalue weighted by atomic mass is 9.98. The largest absolute Gasteiger partial charge is 0.366 e. The van der Waals surface area contributed by atoms with Crippen molar-refractivity contribution in [2.24, 2.45) is 5.92 Å². The zero-order valence-corrected chi connectivity index (χ0v) is 14.0. The first-order chi connectivity index (χ1) is 9.63. The van der Waals surface area contributed by atoms with Gasteiger partial charge in [-0.15, -0.1) is 11.8 Å². The Morgan fingerprint density at radius 1 is 1.40 bits per heavy atom. The highest BCUT2D eigenvalue weighted by molar-refractivity contribution is 7.98. The normalized spacial score (nSPS) is 23.4. The molecular weight excluding hydrogens is 264 g/mol. The van der Waals surface area contributed by atoms with Crippen molar-refractivity contribution < 1.29 is 0 Å². The van der Waals surface area contributed by atoms with E-state index in [1.54, 1.807) is 0 Å². The van der Waals surface area contributed by atoms with Crippen LogP contribution in [0.15, 0.2) is 29.2 Å². The molecule has 0 aromatic heterocycles. The fourth-order valence-corrected chi connectivity index (χ4v) is 3.51. The fraction of sp³-hybridized carbons (Fsp3) is 0.647. The first-order valence-corrected chi connectivity index (χ1v) is 9.00. The smallest absolute Gasteiger partial charge is 0.0412 e. The Morgan fingerprint density at radius 3 is 2.85 bits per heavy atom. The van der Waals surface area contributed by atoms with Gasteiger partial charge in [0.25, 0.3) is 0 Å². The van der Waals surface area contributed by atoms with Crippen LogP contribution in [0.1, 0.15) is 33.6 Å². The summed E-state index contributed by atoms with van der Waals surface area (Å²) in [6, 6.07) is 10.2. The van der Waals surface area contributed by atoms with Crippen LogP contribution in [0.2, 0.25) is 0 Å². The number of hydrogen-bond donors (Lipinski definition) is 1. The van der Waals surface area contributed by atoms with Gasteiger partial charge in [-0.25, -0.2) is 0 Å². The number of hydrogen-bond acceptors (Lipinski definition) is 3. The number of nitrogens with zero attached hydrogens (tertiary/aromatic N) is 1. The zero-order valence-electron chi connectivity index (χ0n) is 13.2. The maximum absolute atomic E-state index is 3.73. The number of benzene rings is 1. The Labute approximate surface area is 128 Å². The second-order valence-electron chi connectivity index (χ2n) is 6.15. The van der Waals surface area contributed by atoms with E-state index in [2.05, 4.69) is 61.5 Å². The summed E-state index contributed by atoms with van der Waals surface area (Å²) in [6.07, 6.45) is 4.61. The van der Waals surface area contributed by atoms with Crippen LogP contribution in [0, 0.1) is 5.92 Å². The van der Waals surface area contributed by atoms with E-state index < -0.39 is 0 Å². The van der Waals surface area contributed by atoms with Crippen molar-refractivity contribution in [1.82, 2.24) is 5.32 Å². The van der Waals surface area contributed by atoms with Crippen molar-refractivity contribution in [3.63, 3.8) is 0 Å². The van der Waals surface area contributed by atoms with Gasteiger partial charge < -0.3 is 10.2 Å². The topological polar surface area (TPSA) is 15.3 Å². The molecule has 2 unspecified atom stereocenters. The van der Waals surface area contributed by atoms with E-state index in [-0.39, 0.29) is 0 Å². The maximum atomic E-state index is 3.73. The lowest BCUT2D eigenvalue weighted by Crippen LogP contribution is -2.56. The van der Waals surface area contributed by atoms with Crippen LogP contribution < -0.4 is 10.2 Å². The van der Waals surface area contributed by atoms with Crippen molar-refractivity contribution in [1.29, 1.82) is 0 Å². The van der Waals surface area contributed by atoms with E-state index >= 15 is 0 Å². The highest BCUT2D eigenvalue weighted by Crippen LogP contribution is 2.27. The molecule has 1 aliphatic rings. The molecule has 20 heavy (non-hydrogen) atoms. The molecule has 1 aromatic carbocycles. The molecule has 1 saturated heterocycles. The van der Waals surface area contributed by atoms with Gasteiger partial charge in [-0.05, 0) is 43.2 Å². The van der Waals surface area contributed by atoms with Crippen LogP contribution in [0.3, 0.4) is 0 Å². The summed E-state index contributed by atoms with van der Waals surface area (Å²) in [5, 5.41) is 3.73. The summed E-state index contributed by atoms with van der Waals surface area (Å²) in [5.74, 6) is 0.755. The van der Waals surface area contributed by atoms with E-state index in [4.69, 9.17) is 0 Å². The molecule has 0 aliphatic carbocycles. The maximum Gasteiger partial charge on any atom is 0.0412 e. The molecule has 0 amide bonds. The Bertz CT molecular complexity index is 419. The number of thioether (sulfide) groups is 1. The van der Waals surface area contributed by atoms with E-state index in [9.17, 15) is 0 Å². The predicted octanol–water partition coefficient (Wildman–Crippen LogP) is 4.01. The molecule has 0 radical (unpaired) electrons. The lowest BCUT2D eigenvalue weighted by molar-refractivity contribution is 0.343. The van der Waals surface area contributed by atoms with Crippen molar-refractivity contribution in [2.45, 2.75) is 50.6 Å². The monoisotopic (exact) mass is 292 g/mol. The van der Waals surface area contributed by atoms with E-state index in [0.717, 1.165) is 19.0 Å². The molecular formula is C17H28N2S. The molecule has 1 heterocycles. The van der Waals surface area contributed by atoms with Crippen LogP contribution in [0.25, 0.3) is 0 Å². The van der Waals surface area contributed by atoms with E-state index in [1.807, 2.05) is 11.8 Å². The molecule has 1 aromatic rings. The van der Waals surface area contributed by atoms with Gasteiger partial charge >= 0.3 is 0 Å². The molecule has 1 fully saturated rings. The van der Waals surface area contributed by atoms with Gasteiger partial charge in [0.15, 0.2) is 0 Å². The minimum absolute atomic E-state index is 0.621. The van der Waals surface area contributed by atoms with Gasteiger partial charge in [-0.3, -0.25) is 0 Å². The van der Waals surface area contributed by atoms with Gasteiger partial charge in [0, 0.05) is 35.8 Å². The predicted molar refractivity (Wildman–Crippen MR) is 90.9 cm³/mol. The third kappa shape index (κ3) is 3.92. The van der Waals surface area contributed by atoms with Gasteiger partial charge in [-0.2, -0.15) is 0 Å². The van der Waals surface area contributed by atoms with Crippen LogP contribution in [0.4, 0.5) is 5.69 Å². The van der Waals surface area contributed by atoms with Crippen molar-refractivity contribution >= 4 is 17.4 Å². The average molecular weight is 292 g/mol. The summed E-state index contributed by atoms with van der Waals surface area (Å²) in [4.78, 5) is 3.97. The van der Waals surface area contributed by atoms with Crippen molar-refractivity contribution in [3.05, 3.63) is 24.3 Å². The van der Waals surface area contributed by atoms with Gasteiger partial charge in [-0.1, -0.05) is 26.8 Å². The van der Waals surface area contributed by atoms with Crippen LogP contribution in [0.5, 0.6) is 0 Å². The molecule has 1 aliphatic heterocycles. The molecule has 0 bridgehead atoms. The Hall–Kier alpha value is -0.670.